The molecule has 4 rings (SSSR count). The van der Waals surface area contributed by atoms with E-state index >= 15 is 0 Å². The van der Waals surface area contributed by atoms with Gasteiger partial charge in [-0.3, -0.25) is 9.10 Å². The van der Waals surface area contributed by atoms with Crippen molar-refractivity contribution in [2.45, 2.75) is 31.1 Å². The standard InChI is InChI=1S/C21H24N2O3S/c1-16-5-4-13-22(15-16)21(24)18-8-10-19(11-9-18)27(25,26)23-14-12-17-6-2-3-7-20(17)23/h2-3,6-11,16H,4-5,12-15H2,1H3. The van der Waals surface area contributed by atoms with Gasteiger partial charge >= 0.3 is 0 Å². The lowest BCUT2D eigenvalue weighted by molar-refractivity contribution is 0.0683. The van der Waals surface area contributed by atoms with Gasteiger partial charge in [-0.2, -0.15) is 0 Å². The largest absolute Gasteiger partial charge is 0.338 e. The third-order valence-electron chi connectivity index (χ3n) is 5.48. The van der Waals surface area contributed by atoms with Gasteiger partial charge in [0.2, 0.25) is 0 Å². The molecule has 0 saturated carbocycles. The summed E-state index contributed by atoms with van der Waals surface area (Å²) in [4.78, 5) is 14.8. The first-order chi connectivity index (χ1) is 13.0. The Morgan fingerprint density at radius 3 is 2.52 bits per heavy atom. The molecule has 0 spiro atoms. The number of sulfonamides is 1. The van der Waals surface area contributed by atoms with Gasteiger partial charge in [0.1, 0.15) is 0 Å². The van der Waals surface area contributed by atoms with Crippen molar-refractivity contribution in [2.75, 3.05) is 23.9 Å². The van der Waals surface area contributed by atoms with Crippen LogP contribution in [0.5, 0.6) is 0 Å². The van der Waals surface area contributed by atoms with Gasteiger partial charge in [0.25, 0.3) is 15.9 Å². The van der Waals surface area contributed by atoms with Crippen LogP contribution in [-0.2, 0) is 16.4 Å². The molecule has 2 aromatic carbocycles. The second-order valence-electron chi connectivity index (χ2n) is 7.48. The average molecular weight is 385 g/mol. The lowest BCUT2D eigenvalue weighted by Gasteiger charge is -2.31. The fourth-order valence-corrected chi connectivity index (χ4v) is 5.51. The first kappa shape index (κ1) is 18.0. The first-order valence-corrected chi connectivity index (χ1v) is 10.9. The second kappa shape index (κ2) is 7.00. The summed E-state index contributed by atoms with van der Waals surface area (Å²) >= 11 is 0. The van der Waals surface area contributed by atoms with E-state index in [-0.39, 0.29) is 10.8 Å². The van der Waals surface area contributed by atoms with E-state index in [1.165, 1.54) is 4.31 Å². The lowest BCUT2D eigenvalue weighted by atomic mass is 9.99. The first-order valence-electron chi connectivity index (χ1n) is 9.47. The van der Waals surface area contributed by atoms with Crippen molar-refractivity contribution < 1.29 is 13.2 Å². The van der Waals surface area contributed by atoms with E-state index in [2.05, 4.69) is 6.92 Å². The maximum Gasteiger partial charge on any atom is 0.264 e. The zero-order valence-electron chi connectivity index (χ0n) is 15.5. The molecule has 2 heterocycles. The highest BCUT2D eigenvalue weighted by molar-refractivity contribution is 7.92. The molecule has 0 N–H and O–H groups in total. The average Bonchev–Trinajstić information content (AvgIpc) is 3.12. The highest BCUT2D eigenvalue weighted by Gasteiger charge is 2.31. The maximum atomic E-state index is 13.1. The summed E-state index contributed by atoms with van der Waals surface area (Å²) in [5.41, 5.74) is 2.34. The number of nitrogens with zero attached hydrogens (tertiary/aromatic N) is 2. The molecule has 1 fully saturated rings. The number of hydrogen-bond acceptors (Lipinski definition) is 3. The Morgan fingerprint density at radius 1 is 1.04 bits per heavy atom. The van der Waals surface area contributed by atoms with Crippen molar-refractivity contribution >= 4 is 21.6 Å². The molecule has 0 aromatic heterocycles. The minimum atomic E-state index is -3.62. The third-order valence-corrected chi connectivity index (χ3v) is 7.31. The molecule has 2 aromatic rings. The summed E-state index contributed by atoms with van der Waals surface area (Å²) in [7, 11) is -3.62. The van der Waals surface area contributed by atoms with Crippen molar-refractivity contribution in [3.8, 4) is 0 Å². The molecule has 0 aliphatic carbocycles. The van der Waals surface area contributed by atoms with E-state index in [0.717, 1.165) is 43.6 Å². The zero-order valence-corrected chi connectivity index (χ0v) is 16.3. The quantitative estimate of drug-likeness (QED) is 0.816. The van der Waals surface area contributed by atoms with E-state index in [1.54, 1.807) is 24.3 Å². The number of para-hydroxylation sites is 1. The van der Waals surface area contributed by atoms with Crippen molar-refractivity contribution in [1.29, 1.82) is 0 Å². The summed E-state index contributed by atoms with van der Waals surface area (Å²) in [6, 6.07) is 14.0. The Bertz CT molecular complexity index is 954. The van der Waals surface area contributed by atoms with Crippen LogP contribution in [0.4, 0.5) is 5.69 Å². The van der Waals surface area contributed by atoms with Crippen LogP contribution in [0.1, 0.15) is 35.7 Å². The molecule has 1 amide bonds. The van der Waals surface area contributed by atoms with Crippen LogP contribution in [0, 0.1) is 5.92 Å². The number of hydrogen-bond donors (Lipinski definition) is 0. The summed E-state index contributed by atoms with van der Waals surface area (Å²) in [5, 5.41) is 0. The SMILES string of the molecule is CC1CCCN(C(=O)c2ccc(S(=O)(=O)N3CCc4ccccc43)cc2)C1. The summed E-state index contributed by atoms with van der Waals surface area (Å²) in [6.07, 6.45) is 2.89. The topological polar surface area (TPSA) is 57.7 Å². The number of likely N-dealkylation sites (tertiary alicyclic amines) is 1. The van der Waals surface area contributed by atoms with Crippen molar-refractivity contribution in [3.63, 3.8) is 0 Å². The van der Waals surface area contributed by atoms with Gasteiger partial charge in [-0.15, -0.1) is 0 Å². The molecule has 1 atom stereocenters. The van der Waals surface area contributed by atoms with Crippen LogP contribution >= 0.6 is 0 Å². The Labute approximate surface area is 160 Å². The molecule has 1 unspecified atom stereocenters. The van der Waals surface area contributed by atoms with Crippen LogP contribution in [0.2, 0.25) is 0 Å². The predicted molar refractivity (Wildman–Crippen MR) is 105 cm³/mol. The molecule has 1 saturated heterocycles. The number of rotatable bonds is 3. The maximum absolute atomic E-state index is 13.1. The molecular weight excluding hydrogens is 360 g/mol. The molecule has 2 aliphatic heterocycles. The van der Waals surface area contributed by atoms with E-state index in [1.807, 2.05) is 29.2 Å². The Kier molecular flexibility index (Phi) is 4.68. The molecule has 0 radical (unpaired) electrons. The number of carbonyl (C=O) groups is 1. The number of anilines is 1. The van der Waals surface area contributed by atoms with Crippen LogP contribution in [-0.4, -0.2) is 38.9 Å². The number of fused-ring (bicyclic) bond motifs is 1. The third kappa shape index (κ3) is 3.34. The predicted octanol–water partition coefficient (Wildman–Crippen LogP) is 3.31. The van der Waals surface area contributed by atoms with Crippen molar-refractivity contribution in [1.82, 2.24) is 4.90 Å². The monoisotopic (exact) mass is 384 g/mol. The molecule has 5 nitrogen and oxygen atoms in total. The number of carbonyl (C=O) groups excluding carboxylic acids is 1. The smallest absolute Gasteiger partial charge is 0.264 e. The minimum absolute atomic E-state index is 0.0167. The molecule has 27 heavy (non-hydrogen) atoms. The van der Waals surface area contributed by atoms with E-state index in [4.69, 9.17) is 0 Å². The summed E-state index contributed by atoms with van der Waals surface area (Å²) in [6.45, 7) is 4.15. The molecule has 2 aliphatic rings. The lowest BCUT2D eigenvalue weighted by Crippen LogP contribution is -2.39. The minimum Gasteiger partial charge on any atom is -0.338 e. The van der Waals surface area contributed by atoms with Crippen LogP contribution in [0.15, 0.2) is 53.4 Å². The molecule has 0 bridgehead atoms. The number of amides is 1. The summed E-state index contributed by atoms with van der Waals surface area (Å²) < 4.78 is 27.6. The highest BCUT2D eigenvalue weighted by atomic mass is 32.2. The normalized spacial score (nSPS) is 19.8. The van der Waals surface area contributed by atoms with Gasteiger partial charge < -0.3 is 4.90 Å². The zero-order chi connectivity index (χ0) is 19.0. The Balaban J connectivity index is 1.56. The number of benzene rings is 2. The van der Waals surface area contributed by atoms with E-state index in [9.17, 15) is 13.2 Å². The van der Waals surface area contributed by atoms with Gasteiger partial charge in [0.05, 0.1) is 10.6 Å². The van der Waals surface area contributed by atoms with Crippen LogP contribution < -0.4 is 4.31 Å². The molecular formula is C21H24N2O3S. The Hall–Kier alpha value is -2.34. The van der Waals surface area contributed by atoms with Gasteiger partial charge in [-0.05, 0) is 61.1 Å². The second-order valence-corrected chi connectivity index (χ2v) is 9.34. The van der Waals surface area contributed by atoms with Gasteiger partial charge in [-0.1, -0.05) is 25.1 Å². The van der Waals surface area contributed by atoms with Gasteiger partial charge in [-0.25, -0.2) is 8.42 Å². The fourth-order valence-electron chi connectivity index (χ4n) is 4.01. The molecule has 142 valence electrons. The van der Waals surface area contributed by atoms with Crippen molar-refractivity contribution in [3.05, 3.63) is 59.7 Å². The fraction of sp³-hybridized carbons (Fsp3) is 0.381. The van der Waals surface area contributed by atoms with E-state index in [0.29, 0.717) is 18.0 Å². The van der Waals surface area contributed by atoms with Crippen molar-refractivity contribution in [2.24, 2.45) is 5.92 Å². The van der Waals surface area contributed by atoms with E-state index < -0.39 is 10.0 Å². The highest BCUT2D eigenvalue weighted by Crippen LogP contribution is 2.32. The van der Waals surface area contributed by atoms with Crippen LogP contribution in [0.25, 0.3) is 0 Å². The molecule has 6 heteroatoms. The Morgan fingerprint density at radius 2 is 1.78 bits per heavy atom. The van der Waals surface area contributed by atoms with Gasteiger partial charge in [0.15, 0.2) is 0 Å². The van der Waals surface area contributed by atoms with Crippen LogP contribution in [0.3, 0.4) is 0 Å². The van der Waals surface area contributed by atoms with Gasteiger partial charge in [0, 0.05) is 25.2 Å². The number of piperidine rings is 1. The summed E-state index contributed by atoms with van der Waals surface area (Å²) in [5.74, 6) is 0.495.